The Morgan fingerprint density at radius 2 is 1.56 bits per heavy atom. The van der Waals surface area contributed by atoms with E-state index < -0.39 is 11.8 Å². The maximum Gasteiger partial charge on any atom is 0.272 e. The van der Waals surface area contributed by atoms with Gasteiger partial charge in [0.25, 0.3) is 11.8 Å². The molecule has 3 N–H and O–H groups in total. The van der Waals surface area contributed by atoms with E-state index in [9.17, 15) is 14.4 Å². The second-order valence-electron chi connectivity index (χ2n) is 10.1. The van der Waals surface area contributed by atoms with Crippen LogP contribution in [0.5, 0.6) is 5.75 Å². The van der Waals surface area contributed by atoms with Gasteiger partial charge < -0.3 is 20.7 Å². The zero-order valence-electron chi connectivity index (χ0n) is 24.6. The second kappa shape index (κ2) is 14.6. The lowest BCUT2D eigenvalue weighted by Crippen LogP contribution is -2.30. The molecule has 0 unspecified atom stereocenters. The summed E-state index contributed by atoms with van der Waals surface area (Å²) in [6.07, 6.45) is 1.68. The average molecular weight is 636 g/mol. The van der Waals surface area contributed by atoms with E-state index in [1.54, 1.807) is 54.6 Å². The number of benzene rings is 5. The van der Waals surface area contributed by atoms with Gasteiger partial charge in [0.2, 0.25) is 5.91 Å². The first kappa shape index (κ1) is 31.4. The van der Waals surface area contributed by atoms with E-state index in [4.69, 9.17) is 16.3 Å². The number of thioether (sulfide) groups is 1. The normalized spacial score (nSPS) is 11.1. The van der Waals surface area contributed by atoms with Gasteiger partial charge in [-0.05, 0) is 77.4 Å². The lowest BCUT2D eigenvalue weighted by Gasteiger charge is -2.13. The summed E-state index contributed by atoms with van der Waals surface area (Å²) in [6.45, 7) is 1.85. The van der Waals surface area contributed by atoms with Gasteiger partial charge in [0.05, 0.1) is 18.6 Å². The number of fused-ring (bicyclic) bond motifs is 1. The van der Waals surface area contributed by atoms with Crippen LogP contribution >= 0.6 is 23.4 Å². The summed E-state index contributed by atoms with van der Waals surface area (Å²) in [5.74, 6) is -0.416. The fourth-order valence-corrected chi connectivity index (χ4v) is 5.42. The number of halogens is 1. The predicted molar refractivity (Wildman–Crippen MR) is 183 cm³/mol. The van der Waals surface area contributed by atoms with Gasteiger partial charge in [-0.2, -0.15) is 0 Å². The summed E-state index contributed by atoms with van der Waals surface area (Å²) < 4.78 is 5.33. The predicted octanol–water partition coefficient (Wildman–Crippen LogP) is 7.95. The largest absolute Gasteiger partial charge is 0.495 e. The smallest absolute Gasteiger partial charge is 0.272 e. The molecule has 0 spiro atoms. The van der Waals surface area contributed by atoms with Crippen molar-refractivity contribution in [2.45, 2.75) is 11.8 Å². The van der Waals surface area contributed by atoms with Crippen molar-refractivity contribution in [1.29, 1.82) is 0 Å². The Morgan fingerprint density at radius 1 is 0.844 bits per heavy atom. The monoisotopic (exact) mass is 635 g/mol. The van der Waals surface area contributed by atoms with Crippen LogP contribution < -0.4 is 20.7 Å². The summed E-state index contributed by atoms with van der Waals surface area (Å²) in [6, 6.07) is 32.9. The third kappa shape index (κ3) is 8.12. The molecule has 3 amide bonds. The standard InChI is InChI=1S/C36H30ClN3O4S/c1-23-19-31(33(44-2)21-30(23)37)39-34(41)22-45-28-17-15-27(16-18-28)38-36(43)32(40-35(42)25-10-4-3-5-11-25)20-26-13-8-12-24-9-6-7-14-29(24)26/h3-21H,22H2,1-2H3,(H,38,43)(H,39,41)(H,40,42)/b32-20-. The molecule has 5 aromatic carbocycles. The van der Waals surface area contributed by atoms with E-state index in [0.29, 0.717) is 27.7 Å². The topological polar surface area (TPSA) is 96.5 Å². The van der Waals surface area contributed by atoms with Gasteiger partial charge in [-0.15, -0.1) is 11.8 Å². The molecule has 0 aliphatic rings. The summed E-state index contributed by atoms with van der Waals surface area (Å²) in [5.41, 5.74) is 3.24. The van der Waals surface area contributed by atoms with Gasteiger partial charge in [0.15, 0.2) is 0 Å². The molecule has 7 nitrogen and oxygen atoms in total. The molecule has 45 heavy (non-hydrogen) atoms. The minimum absolute atomic E-state index is 0.100. The number of rotatable bonds is 10. The molecular formula is C36H30ClN3O4S. The Bertz CT molecular complexity index is 1890. The van der Waals surface area contributed by atoms with Crippen LogP contribution in [-0.2, 0) is 9.59 Å². The Balaban J connectivity index is 1.28. The number of ether oxygens (including phenoxy) is 1. The highest BCUT2D eigenvalue weighted by atomic mass is 35.5. The molecule has 0 radical (unpaired) electrons. The van der Waals surface area contributed by atoms with E-state index in [0.717, 1.165) is 26.8 Å². The first-order valence-electron chi connectivity index (χ1n) is 14.0. The minimum atomic E-state index is -0.473. The molecule has 0 heterocycles. The number of aryl methyl sites for hydroxylation is 1. The number of anilines is 2. The number of methoxy groups -OCH3 is 1. The number of hydrogen-bond donors (Lipinski definition) is 3. The first-order valence-corrected chi connectivity index (χ1v) is 15.4. The quantitative estimate of drug-likeness (QED) is 0.107. The average Bonchev–Trinajstić information content (AvgIpc) is 3.06. The Hall–Kier alpha value is -5.05. The molecule has 0 aromatic heterocycles. The summed E-state index contributed by atoms with van der Waals surface area (Å²) in [4.78, 5) is 40.0. The van der Waals surface area contributed by atoms with E-state index in [2.05, 4.69) is 16.0 Å². The van der Waals surface area contributed by atoms with E-state index >= 15 is 0 Å². The second-order valence-corrected chi connectivity index (χ2v) is 11.5. The fraction of sp³-hybridized carbons (Fsp3) is 0.0833. The maximum absolute atomic E-state index is 13.5. The Kier molecular flexibility index (Phi) is 10.2. The van der Waals surface area contributed by atoms with Crippen molar-refractivity contribution in [3.8, 4) is 5.75 Å². The van der Waals surface area contributed by atoms with Crippen LogP contribution in [0.15, 0.2) is 120 Å². The Labute approximate surface area is 270 Å². The van der Waals surface area contributed by atoms with Crippen LogP contribution in [0.2, 0.25) is 5.02 Å². The molecular weight excluding hydrogens is 606 g/mol. The van der Waals surface area contributed by atoms with Crippen molar-refractivity contribution < 1.29 is 19.1 Å². The van der Waals surface area contributed by atoms with E-state index in [1.165, 1.54) is 18.9 Å². The molecule has 0 atom stereocenters. The Morgan fingerprint density at radius 3 is 2.31 bits per heavy atom. The van der Waals surface area contributed by atoms with E-state index in [1.807, 2.05) is 67.6 Å². The van der Waals surface area contributed by atoms with Crippen molar-refractivity contribution in [2.24, 2.45) is 0 Å². The number of carbonyl (C=O) groups excluding carboxylic acids is 3. The molecule has 0 aliphatic carbocycles. The SMILES string of the molecule is COc1cc(Cl)c(C)cc1NC(=O)CSc1ccc(NC(=O)/C(=C/c2cccc3ccccc23)NC(=O)c2ccccc2)cc1. The highest BCUT2D eigenvalue weighted by Crippen LogP contribution is 2.31. The van der Waals surface area contributed by atoms with Crippen molar-refractivity contribution in [2.75, 3.05) is 23.5 Å². The minimum Gasteiger partial charge on any atom is -0.495 e. The van der Waals surface area contributed by atoms with Gasteiger partial charge in [-0.25, -0.2) is 0 Å². The van der Waals surface area contributed by atoms with Crippen LogP contribution in [-0.4, -0.2) is 30.6 Å². The molecule has 0 aliphatic heterocycles. The third-order valence-electron chi connectivity index (χ3n) is 6.89. The van der Waals surface area contributed by atoms with E-state index in [-0.39, 0.29) is 17.4 Å². The van der Waals surface area contributed by atoms with Crippen LogP contribution in [0.3, 0.4) is 0 Å². The lowest BCUT2D eigenvalue weighted by molar-refractivity contribution is -0.114. The highest BCUT2D eigenvalue weighted by Gasteiger charge is 2.16. The summed E-state index contributed by atoms with van der Waals surface area (Å²) in [7, 11) is 1.52. The molecule has 226 valence electrons. The molecule has 0 bridgehead atoms. The first-order chi connectivity index (χ1) is 21.8. The maximum atomic E-state index is 13.5. The number of carbonyl (C=O) groups is 3. The van der Waals surface area contributed by atoms with Gasteiger partial charge in [-0.1, -0.05) is 72.3 Å². The molecule has 5 aromatic rings. The van der Waals surface area contributed by atoms with Crippen LogP contribution in [0.4, 0.5) is 11.4 Å². The molecule has 0 fully saturated rings. The zero-order chi connectivity index (χ0) is 31.8. The fourth-order valence-electron chi connectivity index (χ4n) is 4.57. The molecule has 0 saturated heterocycles. The van der Waals surface area contributed by atoms with Crippen molar-refractivity contribution in [1.82, 2.24) is 5.32 Å². The lowest BCUT2D eigenvalue weighted by atomic mass is 10.0. The van der Waals surface area contributed by atoms with Gasteiger partial charge in [-0.3, -0.25) is 14.4 Å². The molecule has 0 saturated carbocycles. The number of hydrogen-bond acceptors (Lipinski definition) is 5. The molecule has 9 heteroatoms. The van der Waals surface area contributed by atoms with Gasteiger partial charge in [0, 0.05) is 27.2 Å². The van der Waals surface area contributed by atoms with Gasteiger partial charge >= 0.3 is 0 Å². The molecule has 5 rings (SSSR count). The summed E-state index contributed by atoms with van der Waals surface area (Å²) >= 11 is 7.52. The zero-order valence-corrected chi connectivity index (χ0v) is 26.2. The van der Waals surface area contributed by atoms with Crippen molar-refractivity contribution >= 4 is 69.3 Å². The number of amides is 3. The van der Waals surface area contributed by atoms with Crippen LogP contribution in [0, 0.1) is 6.92 Å². The van der Waals surface area contributed by atoms with Gasteiger partial charge in [0.1, 0.15) is 11.4 Å². The number of nitrogens with one attached hydrogen (secondary N) is 3. The third-order valence-corrected chi connectivity index (χ3v) is 8.31. The van der Waals surface area contributed by atoms with Crippen molar-refractivity contribution in [3.05, 3.63) is 137 Å². The van der Waals surface area contributed by atoms with Crippen LogP contribution in [0.25, 0.3) is 16.8 Å². The summed E-state index contributed by atoms with van der Waals surface area (Å²) in [5, 5.41) is 11.1. The highest BCUT2D eigenvalue weighted by molar-refractivity contribution is 8.00. The van der Waals surface area contributed by atoms with Crippen molar-refractivity contribution in [3.63, 3.8) is 0 Å². The van der Waals surface area contributed by atoms with Crippen LogP contribution in [0.1, 0.15) is 21.5 Å².